The molecule has 1 unspecified atom stereocenters. The third-order valence-corrected chi connectivity index (χ3v) is 4.70. The molecule has 3 aromatic rings. The molecular formula is C20H17F3N2O. The standard InChI is InChI=1S/C20H17F3N2O/c1-24-11-2-6-18-13(8-11)14-9-12(3-7-19(14)26-18)25-10-15-16(21)4-5-17(22)20(15)23/h2-7,9,11,24-25H,8,10H2,1H3. The fourth-order valence-electron chi connectivity index (χ4n) is 3.23. The number of furan rings is 1. The van der Waals surface area contributed by atoms with Crippen molar-refractivity contribution in [3.63, 3.8) is 0 Å². The van der Waals surface area contributed by atoms with Crippen molar-refractivity contribution in [2.75, 3.05) is 12.4 Å². The molecule has 0 saturated carbocycles. The molecule has 0 saturated heterocycles. The Morgan fingerprint density at radius 2 is 1.92 bits per heavy atom. The molecule has 1 atom stereocenters. The van der Waals surface area contributed by atoms with E-state index >= 15 is 0 Å². The van der Waals surface area contributed by atoms with Gasteiger partial charge in [-0.2, -0.15) is 0 Å². The Hall–Kier alpha value is -2.73. The Balaban J connectivity index is 1.63. The molecule has 26 heavy (non-hydrogen) atoms. The zero-order valence-electron chi connectivity index (χ0n) is 14.1. The summed E-state index contributed by atoms with van der Waals surface area (Å²) in [4.78, 5) is 0. The topological polar surface area (TPSA) is 37.2 Å². The molecule has 1 aromatic heterocycles. The van der Waals surface area contributed by atoms with Gasteiger partial charge in [-0.1, -0.05) is 6.08 Å². The summed E-state index contributed by atoms with van der Waals surface area (Å²) in [6, 6.07) is 7.41. The molecule has 0 fully saturated rings. The third kappa shape index (κ3) is 2.86. The molecule has 2 aromatic carbocycles. The molecule has 2 N–H and O–H groups in total. The van der Waals surface area contributed by atoms with Gasteiger partial charge in [0.15, 0.2) is 11.6 Å². The number of likely N-dealkylation sites (N-methyl/N-ethyl adjacent to an activating group) is 1. The third-order valence-electron chi connectivity index (χ3n) is 4.70. The smallest absolute Gasteiger partial charge is 0.166 e. The van der Waals surface area contributed by atoms with E-state index in [1.165, 1.54) is 0 Å². The van der Waals surface area contributed by atoms with Crippen molar-refractivity contribution in [1.82, 2.24) is 5.32 Å². The Morgan fingerprint density at radius 3 is 2.73 bits per heavy atom. The van der Waals surface area contributed by atoms with E-state index < -0.39 is 17.5 Å². The molecule has 1 heterocycles. The molecule has 0 radical (unpaired) electrons. The van der Waals surface area contributed by atoms with Crippen LogP contribution in [-0.2, 0) is 13.0 Å². The van der Waals surface area contributed by atoms with Gasteiger partial charge >= 0.3 is 0 Å². The Labute approximate surface area is 148 Å². The molecule has 0 bridgehead atoms. The van der Waals surface area contributed by atoms with Crippen LogP contribution < -0.4 is 10.6 Å². The minimum Gasteiger partial charge on any atom is -0.456 e. The van der Waals surface area contributed by atoms with E-state index in [9.17, 15) is 13.2 Å². The summed E-state index contributed by atoms with van der Waals surface area (Å²) in [5, 5.41) is 7.13. The van der Waals surface area contributed by atoms with Gasteiger partial charge in [0, 0.05) is 34.8 Å². The highest BCUT2D eigenvalue weighted by Crippen LogP contribution is 2.33. The average Bonchev–Trinajstić information content (AvgIpc) is 3.02. The van der Waals surface area contributed by atoms with Crippen LogP contribution in [0.4, 0.5) is 18.9 Å². The predicted octanol–water partition coefficient (Wildman–Crippen LogP) is 4.62. The van der Waals surface area contributed by atoms with Gasteiger partial charge in [-0.05, 0) is 49.9 Å². The van der Waals surface area contributed by atoms with E-state index in [0.29, 0.717) is 5.69 Å². The number of fused-ring (bicyclic) bond motifs is 3. The lowest BCUT2D eigenvalue weighted by atomic mass is 9.97. The number of hydrogen-bond acceptors (Lipinski definition) is 3. The molecule has 6 heteroatoms. The maximum absolute atomic E-state index is 13.8. The SMILES string of the molecule is CNC1C=Cc2oc3ccc(NCc4c(F)ccc(F)c4F)cc3c2C1. The lowest BCUT2D eigenvalue weighted by Gasteiger charge is -2.15. The van der Waals surface area contributed by atoms with Crippen molar-refractivity contribution >= 4 is 22.7 Å². The molecule has 0 amide bonds. The maximum atomic E-state index is 13.8. The van der Waals surface area contributed by atoms with Crippen LogP contribution in [0.3, 0.4) is 0 Å². The fraction of sp³-hybridized carbons (Fsp3) is 0.200. The summed E-state index contributed by atoms with van der Waals surface area (Å²) in [6.07, 6.45) is 4.80. The molecule has 4 rings (SSSR count). The van der Waals surface area contributed by atoms with Gasteiger partial charge in [-0.3, -0.25) is 0 Å². The van der Waals surface area contributed by atoms with Crippen LogP contribution >= 0.6 is 0 Å². The van der Waals surface area contributed by atoms with Crippen molar-refractivity contribution in [3.8, 4) is 0 Å². The quantitative estimate of drug-likeness (QED) is 0.669. The van der Waals surface area contributed by atoms with Gasteiger partial charge in [0.1, 0.15) is 17.2 Å². The minimum atomic E-state index is -1.17. The first-order chi connectivity index (χ1) is 12.6. The van der Waals surface area contributed by atoms with Crippen molar-refractivity contribution < 1.29 is 17.6 Å². The van der Waals surface area contributed by atoms with Crippen LogP contribution in [0.25, 0.3) is 17.0 Å². The Kier molecular flexibility index (Phi) is 4.20. The van der Waals surface area contributed by atoms with Gasteiger partial charge < -0.3 is 15.1 Å². The van der Waals surface area contributed by atoms with E-state index in [2.05, 4.69) is 16.7 Å². The summed E-state index contributed by atoms with van der Waals surface area (Å²) in [7, 11) is 1.90. The summed E-state index contributed by atoms with van der Waals surface area (Å²) in [5.41, 5.74) is 2.20. The predicted molar refractivity (Wildman–Crippen MR) is 95.4 cm³/mol. The van der Waals surface area contributed by atoms with Crippen molar-refractivity contribution in [2.45, 2.75) is 19.0 Å². The first-order valence-electron chi connectivity index (χ1n) is 8.34. The number of halogens is 3. The second kappa shape index (κ2) is 6.53. The Bertz CT molecular complexity index is 1010. The van der Waals surface area contributed by atoms with Gasteiger partial charge in [0.05, 0.1) is 0 Å². The molecule has 134 valence electrons. The maximum Gasteiger partial charge on any atom is 0.166 e. The monoisotopic (exact) mass is 358 g/mol. The van der Waals surface area contributed by atoms with Gasteiger partial charge in [0.25, 0.3) is 0 Å². The molecule has 1 aliphatic rings. The lowest BCUT2D eigenvalue weighted by molar-refractivity contribution is 0.482. The van der Waals surface area contributed by atoms with E-state index in [1.54, 1.807) is 6.07 Å². The molecule has 0 aliphatic heterocycles. The molecule has 3 nitrogen and oxygen atoms in total. The molecule has 0 spiro atoms. The Morgan fingerprint density at radius 1 is 1.12 bits per heavy atom. The highest BCUT2D eigenvalue weighted by molar-refractivity contribution is 5.88. The van der Waals surface area contributed by atoms with Crippen LogP contribution in [0.1, 0.15) is 16.9 Å². The number of nitrogens with one attached hydrogen (secondary N) is 2. The summed E-state index contributed by atoms with van der Waals surface area (Å²) in [5.74, 6) is -2.18. The second-order valence-corrected chi connectivity index (χ2v) is 6.29. The van der Waals surface area contributed by atoms with Crippen LogP contribution in [0.5, 0.6) is 0 Å². The van der Waals surface area contributed by atoms with Gasteiger partial charge in [0.2, 0.25) is 0 Å². The molecule has 1 aliphatic carbocycles. The van der Waals surface area contributed by atoms with Crippen LogP contribution in [-0.4, -0.2) is 13.1 Å². The average molecular weight is 358 g/mol. The van der Waals surface area contributed by atoms with Crippen LogP contribution in [0.15, 0.2) is 40.8 Å². The van der Waals surface area contributed by atoms with E-state index in [0.717, 1.165) is 40.8 Å². The minimum absolute atomic E-state index is 0.153. The first kappa shape index (κ1) is 16.7. The van der Waals surface area contributed by atoms with Crippen molar-refractivity contribution in [2.24, 2.45) is 0 Å². The van der Waals surface area contributed by atoms with Crippen LogP contribution in [0.2, 0.25) is 0 Å². The number of anilines is 1. The van der Waals surface area contributed by atoms with E-state index in [1.807, 2.05) is 25.3 Å². The van der Waals surface area contributed by atoms with Gasteiger partial charge in [-0.15, -0.1) is 0 Å². The van der Waals surface area contributed by atoms with E-state index in [4.69, 9.17) is 4.42 Å². The summed E-state index contributed by atoms with van der Waals surface area (Å²) >= 11 is 0. The largest absolute Gasteiger partial charge is 0.456 e. The highest BCUT2D eigenvalue weighted by Gasteiger charge is 2.20. The number of rotatable bonds is 4. The summed E-state index contributed by atoms with van der Waals surface area (Å²) in [6.45, 7) is -0.153. The number of benzene rings is 2. The van der Waals surface area contributed by atoms with Crippen LogP contribution in [0, 0.1) is 17.5 Å². The van der Waals surface area contributed by atoms with Crippen molar-refractivity contribution in [3.05, 3.63) is 70.7 Å². The normalized spacial score (nSPS) is 16.1. The van der Waals surface area contributed by atoms with E-state index in [-0.39, 0.29) is 18.2 Å². The molecular weight excluding hydrogens is 341 g/mol. The fourth-order valence-corrected chi connectivity index (χ4v) is 3.23. The number of hydrogen-bond donors (Lipinski definition) is 2. The zero-order chi connectivity index (χ0) is 18.3. The summed E-state index contributed by atoms with van der Waals surface area (Å²) < 4.78 is 46.7. The van der Waals surface area contributed by atoms with Crippen molar-refractivity contribution in [1.29, 1.82) is 0 Å². The lowest BCUT2D eigenvalue weighted by Crippen LogP contribution is -2.26. The highest BCUT2D eigenvalue weighted by atomic mass is 19.2. The second-order valence-electron chi connectivity index (χ2n) is 6.29. The zero-order valence-corrected chi connectivity index (χ0v) is 14.1. The van der Waals surface area contributed by atoms with Gasteiger partial charge in [-0.25, -0.2) is 13.2 Å². The first-order valence-corrected chi connectivity index (χ1v) is 8.34.